The highest BCUT2D eigenvalue weighted by Gasteiger charge is 2.08. The highest BCUT2D eigenvalue weighted by molar-refractivity contribution is 5.32. The third kappa shape index (κ3) is 4.14. The second kappa shape index (κ2) is 7.93. The van der Waals surface area contributed by atoms with E-state index in [1.165, 1.54) is 11.3 Å². The Labute approximate surface area is 127 Å². The summed E-state index contributed by atoms with van der Waals surface area (Å²) in [7, 11) is 0. The summed E-state index contributed by atoms with van der Waals surface area (Å²) in [5, 5.41) is 3.39. The molecule has 2 aromatic rings. The molecule has 0 aliphatic carbocycles. The molecule has 0 unspecified atom stereocenters. The fraction of sp³-hybridized carbons (Fsp3) is 0.529. The number of aromatic nitrogens is 3. The van der Waals surface area contributed by atoms with E-state index in [9.17, 15) is 0 Å². The van der Waals surface area contributed by atoms with Crippen LogP contribution in [0.4, 0.5) is 0 Å². The van der Waals surface area contributed by atoms with Gasteiger partial charge in [0.15, 0.2) is 0 Å². The van der Waals surface area contributed by atoms with Crippen LogP contribution in [-0.2, 0) is 19.4 Å². The minimum atomic E-state index is 0.889. The third-order valence-electron chi connectivity index (χ3n) is 3.45. The Kier molecular flexibility index (Phi) is 5.93. The minimum absolute atomic E-state index is 0.889. The smallest absolute Gasteiger partial charge is 0.138 e. The average molecular weight is 286 g/mol. The zero-order valence-electron chi connectivity index (χ0n) is 13.4. The van der Waals surface area contributed by atoms with Crippen molar-refractivity contribution in [3.63, 3.8) is 0 Å². The first-order chi connectivity index (χ1) is 10.3. The average Bonchev–Trinajstić information content (AvgIpc) is 2.94. The molecule has 0 aliphatic rings. The fourth-order valence-corrected chi connectivity index (χ4v) is 2.46. The van der Waals surface area contributed by atoms with Crippen LogP contribution >= 0.6 is 0 Å². The molecule has 0 fully saturated rings. The first-order valence-corrected chi connectivity index (χ1v) is 8.01. The van der Waals surface area contributed by atoms with Gasteiger partial charge in [0, 0.05) is 31.1 Å². The van der Waals surface area contributed by atoms with E-state index in [-0.39, 0.29) is 0 Å². The predicted molar refractivity (Wildman–Crippen MR) is 86.7 cm³/mol. The SMILES string of the molecule is CCCc1cc(CNCC)cc(-n2ccnc2CCC)n1. The number of hydrogen-bond acceptors (Lipinski definition) is 3. The Balaban J connectivity index is 2.36. The molecule has 0 amide bonds. The number of nitrogens with zero attached hydrogens (tertiary/aromatic N) is 3. The van der Waals surface area contributed by atoms with Crippen LogP contribution in [0.3, 0.4) is 0 Å². The molecule has 0 spiro atoms. The highest BCUT2D eigenvalue weighted by Crippen LogP contribution is 2.15. The molecule has 0 saturated heterocycles. The van der Waals surface area contributed by atoms with Gasteiger partial charge in [-0.15, -0.1) is 0 Å². The van der Waals surface area contributed by atoms with Crippen LogP contribution in [0.1, 0.15) is 50.7 Å². The minimum Gasteiger partial charge on any atom is -0.313 e. The summed E-state index contributed by atoms with van der Waals surface area (Å²) >= 11 is 0. The van der Waals surface area contributed by atoms with Gasteiger partial charge in [-0.05, 0) is 37.1 Å². The Morgan fingerprint density at radius 3 is 2.62 bits per heavy atom. The van der Waals surface area contributed by atoms with Crippen molar-refractivity contribution in [1.82, 2.24) is 19.9 Å². The van der Waals surface area contributed by atoms with Gasteiger partial charge >= 0.3 is 0 Å². The van der Waals surface area contributed by atoms with Crippen LogP contribution in [0.15, 0.2) is 24.5 Å². The van der Waals surface area contributed by atoms with Gasteiger partial charge in [0.2, 0.25) is 0 Å². The molecule has 0 aliphatic heterocycles. The normalized spacial score (nSPS) is 11.0. The monoisotopic (exact) mass is 286 g/mol. The highest BCUT2D eigenvalue weighted by atomic mass is 15.1. The van der Waals surface area contributed by atoms with Gasteiger partial charge in [-0.1, -0.05) is 27.2 Å². The molecule has 2 heterocycles. The number of nitrogens with one attached hydrogen (secondary N) is 1. The zero-order valence-corrected chi connectivity index (χ0v) is 13.4. The van der Waals surface area contributed by atoms with Crippen LogP contribution < -0.4 is 5.32 Å². The first-order valence-electron chi connectivity index (χ1n) is 8.01. The molecule has 0 radical (unpaired) electrons. The summed E-state index contributed by atoms with van der Waals surface area (Å²) in [6, 6.07) is 4.38. The van der Waals surface area contributed by atoms with E-state index >= 15 is 0 Å². The van der Waals surface area contributed by atoms with Crippen LogP contribution in [-0.4, -0.2) is 21.1 Å². The van der Waals surface area contributed by atoms with Gasteiger partial charge in [-0.2, -0.15) is 0 Å². The number of imidazole rings is 1. The molecular formula is C17H26N4. The molecule has 0 bridgehead atoms. The standard InChI is InChI=1S/C17H26N4/c1-4-7-15-11-14(13-18-6-3)12-17(20-15)21-10-9-19-16(21)8-5-2/h9-12,18H,4-8,13H2,1-3H3. The van der Waals surface area contributed by atoms with Crippen molar-refractivity contribution in [2.45, 2.75) is 53.0 Å². The fourth-order valence-electron chi connectivity index (χ4n) is 2.46. The first kappa shape index (κ1) is 15.7. The van der Waals surface area contributed by atoms with Crippen LogP contribution in [0, 0.1) is 0 Å². The maximum Gasteiger partial charge on any atom is 0.138 e. The van der Waals surface area contributed by atoms with Crippen molar-refractivity contribution in [2.24, 2.45) is 0 Å². The van der Waals surface area contributed by atoms with Crippen molar-refractivity contribution in [3.8, 4) is 5.82 Å². The second-order valence-corrected chi connectivity index (χ2v) is 5.32. The summed E-state index contributed by atoms with van der Waals surface area (Å²) in [6.45, 7) is 8.37. The lowest BCUT2D eigenvalue weighted by Gasteiger charge is -2.11. The van der Waals surface area contributed by atoms with E-state index in [0.717, 1.165) is 50.4 Å². The number of hydrogen-bond donors (Lipinski definition) is 1. The molecular weight excluding hydrogens is 260 g/mol. The Morgan fingerprint density at radius 2 is 1.90 bits per heavy atom. The maximum absolute atomic E-state index is 4.81. The number of pyridine rings is 1. The van der Waals surface area contributed by atoms with E-state index in [1.807, 2.05) is 12.4 Å². The zero-order chi connectivity index (χ0) is 15.1. The van der Waals surface area contributed by atoms with Gasteiger partial charge in [-0.3, -0.25) is 4.57 Å². The molecule has 114 valence electrons. The summed E-state index contributed by atoms with van der Waals surface area (Å²) < 4.78 is 2.12. The van der Waals surface area contributed by atoms with Crippen molar-refractivity contribution in [2.75, 3.05) is 6.54 Å². The van der Waals surface area contributed by atoms with Crippen LogP contribution in [0.5, 0.6) is 0 Å². The second-order valence-electron chi connectivity index (χ2n) is 5.32. The largest absolute Gasteiger partial charge is 0.313 e. The lowest BCUT2D eigenvalue weighted by molar-refractivity contribution is 0.719. The maximum atomic E-state index is 4.81. The van der Waals surface area contributed by atoms with E-state index in [0.29, 0.717) is 0 Å². The molecule has 1 N–H and O–H groups in total. The van der Waals surface area contributed by atoms with Crippen molar-refractivity contribution < 1.29 is 0 Å². The quantitative estimate of drug-likeness (QED) is 0.810. The summed E-state index contributed by atoms with van der Waals surface area (Å²) in [4.78, 5) is 9.27. The predicted octanol–water partition coefficient (Wildman–Crippen LogP) is 3.28. The third-order valence-corrected chi connectivity index (χ3v) is 3.45. The van der Waals surface area contributed by atoms with Crippen LogP contribution in [0.25, 0.3) is 5.82 Å². The lowest BCUT2D eigenvalue weighted by atomic mass is 10.1. The molecule has 0 atom stereocenters. The van der Waals surface area contributed by atoms with Gasteiger partial charge in [0.25, 0.3) is 0 Å². The molecule has 4 heteroatoms. The molecule has 21 heavy (non-hydrogen) atoms. The summed E-state index contributed by atoms with van der Waals surface area (Å²) in [5.74, 6) is 2.09. The van der Waals surface area contributed by atoms with Gasteiger partial charge < -0.3 is 5.32 Å². The molecule has 0 saturated carbocycles. The van der Waals surface area contributed by atoms with Gasteiger partial charge in [-0.25, -0.2) is 9.97 Å². The van der Waals surface area contributed by atoms with E-state index in [2.05, 4.69) is 47.8 Å². The van der Waals surface area contributed by atoms with Crippen LogP contribution in [0.2, 0.25) is 0 Å². The van der Waals surface area contributed by atoms with E-state index < -0.39 is 0 Å². The number of rotatable bonds is 8. The Hall–Kier alpha value is -1.68. The van der Waals surface area contributed by atoms with Crippen molar-refractivity contribution >= 4 is 0 Å². The van der Waals surface area contributed by atoms with Gasteiger partial charge in [0.05, 0.1) is 0 Å². The Bertz CT molecular complexity index is 560. The van der Waals surface area contributed by atoms with E-state index in [4.69, 9.17) is 4.98 Å². The molecule has 2 aromatic heterocycles. The van der Waals surface area contributed by atoms with E-state index in [1.54, 1.807) is 0 Å². The Morgan fingerprint density at radius 1 is 1.10 bits per heavy atom. The molecule has 2 rings (SSSR count). The molecule has 4 nitrogen and oxygen atoms in total. The summed E-state index contributed by atoms with van der Waals surface area (Å²) in [5.41, 5.74) is 2.46. The number of aryl methyl sites for hydroxylation is 2. The molecule has 0 aromatic carbocycles. The summed E-state index contributed by atoms with van der Waals surface area (Å²) in [6.07, 6.45) is 8.09. The van der Waals surface area contributed by atoms with Crippen molar-refractivity contribution in [3.05, 3.63) is 41.6 Å². The van der Waals surface area contributed by atoms with Crippen molar-refractivity contribution in [1.29, 1.82) is 0 Å². The topological polar surface area (TPSA) is 42.7 Å². The lowest BCUT2D eigenvalue weighted by Crippen LogP contribution is -2.13. The van der Waals surface area contributed by atoms with Gasteiger partial charge in [0.1, 0.15) is 11.6 Å².